The molecule has 4 rings (SSSR count). The third-order valence-corrected chi connectivity index (χ3v) is 4.85. The molecule has 3 unspecified atom stereocenters. The van der Waals surface area contributed by atoms with E-state index in [2.05, 4.69) is 4.90 Å². The molecule has 5 atom stereocenters. The van der Waals surface area contributed by atoms with Gasteiger partial charge < -0.3 is 0 Å². The number of Topliss-reactive ketones (excluding diaryl/α,β-unsaturated/α-hetero) is 1. The average Bonchev–Trinajstić information content (AvgIpc) is 2.15. The van der Waals surface area contributed by atoms with Crippen molar-refractivity contribution in [3.8, 4) is 0 Å². The zero-order chi connectivity index (χ0) is 12.2. The van der Waals surface area contributed by atoms with E-state index < -0.39 is 10.1 Å². The molecule has 6 heteroatoms. The van der Waals surface area contributed by atoms with E-state index in [4.69, 9.17) is 4.18 Å². The van der Waals surface area contributed by atoms with E-state index >= 15 is 0 Å². The van der Waals surface area contributed by atoms with Gasteiger partial charge in [-0.25, -0.2) is 0 Å². The minimum absolute atomic E-state index is 0.189. The van der Waals surface area contributed by atoms with E-state index in [0.717, 1.165) is 31.9 Å². The number of rotatable bonds is 2. The van der Waals surface area contributed by atoms with Gasteiger partial charge in [-0.2, -0.15) is 8.42 Å². The van der Waals surface area contributed by atoms with E-state index in [9.17, 15) is 13.2 Å². The Bertz CT molecular complexity index is 430. The largest absolute Gasteiger partial charge is 0.298 e. The first-order valence-corrected chi connectivity index (χ1v) is 7.91. The molecule has 0 radical (unpaired) electrons. The zero-order valence-electron chi connectivity index (χ0n) is 9.83. The number of fused-ring (bicyclic) bond motifs is 1. The monoisotopic (exact) mass is 259 g/mol. The standard InChI is InChI=1S/C11H17NO4S/c1-17(14,15)16-10-4-8-2-7-3-9(5-10)12(8)6-11(7)13/h7-10H,2-6H2,1H3/t7-,8+,9?,10?/m0/s1. The van der Waals surface area contributed by atoms with Crippen LogP contribution in [0.5, 0.6) is 0 Å². The van der Waals surface area contributed by atoms with Crippen molar-refractivity contribution in [3.05, 3.63) is 0 Å². The molecule has 96 valence electrons. The first-order valence-electron chi connectivity index (χ1n) is 6.09. The summed E-state index contributed by atoms with van der Waals surface area (Å²) in [6.07, 6.45) is 4.18. The number of carbonyl (C=O) groups is 1. The van der Waals surface area contributed by atoms with Gasteiger partial charge in [-0.3, -0.25) is 13.9 Å². The molecule has 0 aromatic rings. The summed E-state index contributed by atoms with van der Waals surface area (Å²) < 4.78 is 27.4. The summed E-state index contributed by atoms with van der Waals surface area (Å²) in [7, 11) is -3.36. The predicted molar refractivity (Wildman–Crippen MR) is 61.0 cm³/mol. The number of hydrogen-bond acceptors (Lipinski definition) is 5. The highest BCUT2D eigenvalue weighted by molar-refractivity contribution is 7.86. The molecule has 0 saturated carbocycles. The summed E-state index contributed by atoms with van der Waals surface area (Å²) in [6.45, 7) is 0.561. The molecule has 4 bridgehead atoms. The van der Waals surface area contributed by atoms with Gasteiger partial charge in [-0.15, -0.1) is 0 Å². The molecular weight excluding hydrogens is 242 g/mol. The number of piperidine rings is 4. The van der Waals surface area contributed by atoms with Crippen molar-refractivity contribution >= 4 is 15.9 Å². The summed E-state index contributed by atoms with van der Waals surface area (Å²) in [5.74, 6) is 0.578. The maximum atomic E-state index is 11.6. The van der Waals surface area contributed by atoms with Gasteiger partial charge in [-0.05, 0) is 25.7 Å². The van der Waals surface area contributed by atoms with Crippen LogP contribution in [0.25, 0.3) is 0 Å². The number of ketones is 1. The molecule has 0 aromatic carbocycles. The topological polar surface area (TPSA) is 63.7 Å². The first-order chi connectivity index (χ1) is 7.92. The van der Waals surface area contributed by atoms with Gasteiger partial charge >= 0.3 is 0 Å². The normalized spacial score (nSPS) is 45.0. The van der Waals surface area contributed by atoms with E-state index in [-0.39, 0.29) is 12.0 Å². The van der Waals surface area contributed by atoms with Crippen molar-refractivity contribution in [2.45, 2.75) is 43.9 Å². The Kier molecular flexibility index (Phi) is 2.57. The van der Waals surface area contributed by atoms with Crippen molar-refractivity contribution in [1.82, 2.24) is 4.90 Å². The lowest BCUT2D eigenvalue weighted by Crippen LogP contribution is -2.63. The average molecular weight is 259 g/mol. The molecule has 5 nitrogen and oxygen atoms in total. The Hall–Kier alpha value is -0.460. The SMILES string of the molecule is CS(=O)(=O)OC1CC2C[C@@H]3C[C@H](C1)N2CC3=O. The second-order valence-corrected chi connectivity index (χ2v) is 7.11. The summed E-state index contributed by atoms with van der Waals surface area (Å²) in [5.41, 5.74) is 0. The van der Waals surface area contributed by atoms with Crippen LogP contribution in [-0.4, -0.2) is 50.1 Å². The van der Waals surface area contributed by atoms with Crippen molar-refractivity contribution < 1.29 is 17.4 Å². The second kappa shape index (κ2) is 3.76. The molecule has 4 fully saturated rings. The number of hydrogen-bond donors (Lipinski definition) is 0. The molecule has 4 aliphatic rings. The number of carbonyl (C=O) groups excluding carboxylic acids is 1. The molecule has 0 amide bonds. The fourth-order valence-corrected chi connectivity index (χ4v) is 4.30. The van der Waals surface area contributed by atoms with Gasteiger partial charge in [0.1, 0.15) is 5.78 Å². The van der Waals surface area contributed by atoms with Crippen molar-refractivity contribution in [1.29, 1.82) is 0 Å². The lowest BCUT2D eigenvalue weighted by atomic mass is 9.72. The number of nitrogens with zero attached hydrogens (tertiary/aromatic N) is 1. The second-order valence-electron chi connectivity index (χ2n) is 5.51. The lowest BCUT2D eigenvalue weighted by molar-refractivity contribution is -0.143. The van der Waals surface area contributed by atoms with Crippen LogP contribution in [0.1, 0.15) is 25.7 Å². The van der Waals surface area contributed by atoms with E-state index in [1.54, 1.807) is 0 Å². The van der Waals surface area contributed by atoms with Gasteiger partial charge in [0.05, 0.1) is 18.9 Å². The highest BCUT2D eigenvalue weighted by Crippen LogP contribution is 2.42. The minimum atomic E-state index is -3.36. The molecule has 0 aliphatic carbocycles. The van der Waals surface area contributed by atoms with Crippen molar-refractivity contribution in [2.24, 2.45) is 5.92 Å². The summed E-state index contributed by atoms with van der Waals surface area (Å²) in [6, 6.07) is 0.689. The maximum absolute atomic E-state index is 11.6. The molecule has 4 aliphatic heterocycles. The quantitative estimate of drug-likeness (QED) is 0.661. The van der Waals surface area contributed by atoms with E-state index in [0.29, 0.717) is 24.4 Å². The van der Waals surface area contributed by atoms with Crippen LogP contribution < -0.4 is 0 Å². The molecule has 0 spiro atoms. The van der Waals surface area contributed by atoms with Crippen LogP contribution in [0.4, 0.5) is 0 Å². The van der Waals surface area contributed by atoms with Gasteiger partial charge in [0.25, 0.3) is 10.1 Å². The maximum Gasteiger partial charge on any atom is 0.264 e. The Morgan fingerprint density at radius 3 is 2.24 bits per heavy atom. The Labute approximate surface area is 101 Å². The van der Waals surface area contributed by atoms with E-state index in [1.165, 1.54) is 0 Å². The van der Waals surface area contributed by atoms with Crippen LogP contribution in [0.2, 0.25) is 0 Å². The minimum Gasteiger partial charge on any atom is -0.298 e. The molecule has 0 N–H and O–H groups in total. The van der Waals surface area contributed by atoms with Crippen molar-refractivity contribution in [2.75, 3.05) is 12.8 Å². The van der Waals surface area contributed by atoms with Gasteiger partial charge in [0, 0.05) is 18.0 Å². The van der Waals surface area contributed by atoms with Crippen LogP contribution in [-0.2, 0) is 19.1 Å². The first kappa shape index (κ1) is 11.6. The summed E-state index contributed by atoms with van der Waals surface area (Å²) in [5, 5.41) is 0. The van der Waals surface area contributed by atoms with Crippen LogP contribution in [0.15, 0.2) is 0 Å². The van der Waals surface area contributed by atoms with E-state index in [1.807, 2.05) is 0 Å². The van der Waals surface area contributed by atoms with Crippen LogP contribution in [0, 0.1) is 5.92 Å². The van der Waals surface area contributed by atoms with Crippen LogP contribution in [0.3, 0.4) is 0 Å². The lowest BCUT2D eigenvalue weighted by Gasteiger charge is -2.54. The van der Waals surface area contributed by atoms with Crippen LogP contribution >= 0.6 is 0 Å². The Balaban J connectivity index is 1.73. The molecule has 17 heavy (non-hydrogen) atoms. The van der Waals surface area contributed by atoms with Gasteiger partial charge in [0.15, 0.2) is 0 Å². The van der Waals surface area contributed by atoms with Crippen molar-refractivity contribution in [3.63, 3.8) is 0 Å². The molecule has 0 aromatic heterocycles. The van der Waals surface area contributed by atoms with Gasteiger partial charge in [-0.1, -0.05) is 0 Å². The molecular formula is C11H17NO4S. The zero-order valence-corrected chi connectivity index (χ0v) is 10.6. The summed E-state index contributed by atoms with van der Waals surface area (Å²) in [4.78, 5) is 13.9. The Morgan fingerprint density at radius 2 is 1.76 bits per heavy atom. The fraction of sp³-hybridized carbons (Fsp3) is 0.909. The highest BCUT2D eigenvalue weighted by Gasteiger charge is 2.49. The predicted octanol–water partition coefficient (Wildman–Crippen LogP) is 0.157. The molecule has 4 saturated heterocycles. The highest BCUT2D eigenvalue weighted by atomic mass is 32.2. The smallest absolute Gasteiger partial charge is 0.264 e. The fourth-order valence-electron chi connectivity index (χ4n) is 3.64. The third-order valence-electron chi connectivity index (χ3n) is 4.23. The Morgan fingerprint density at radius 1 is 1.18 bits per heavy atom. The third kappa shape index (κ3) is 2.13. The summed E-state index contributed by atoms with van der Waals surface area (Å²) >= 11 is 0. The molecule has 4 heterocycles. The van der Waals surface area contributed by atoms with Gasteiger partial charge in [0.2, 0.25) is 0 Å².